The third-order valence-corrected chi connectivity index (χ3v) is 4.40. The van der Waals surface area contributed by atoms with E-state index < -0.39 is 0 Å². The van der Waals surface area contributed by atoms with Crippen molar-refractivity contribution in [1.82, 2.24) is 15.1 Å². The topological polar surface area (TPSA) is 52.7 Å². The predicted molar refractivity (Wildman–Crippen MR) is 78.3 cm³/mol. The minimum atomic E-state index is -0.125. The second kappa shape index (κ2) is 7.07. The van der Waals surface area contributed by atoms with Crippen molar-refractivity contribution in [1.29, 1.82) is 0 Å². The van der Waals surface area contributed by atoms with E-state index in [1.807, 2.05) is 9.80 Å². The average molecular weight is 281 g/mol. The fourth-order valence-corrected chi connectivity index (χ4v) is 3.22. The number of carbonyl (C=O) groups excluding carboxylic acids is 2. The summed E-state index contributed by atoms with van der Waals surface area (Å²) in [7, 11) is 0. The zero-order valence-corrected chi connectivity index (χ0v) is 12.7. The van der Waals surface area contributed by atoms with Gasteiger partial charge in [-0.15, -0.1) is 0 Å². The zero-order chi connectivity index (χ0) is 14.5. The van der Waals surface area contributed by atoms with Crippen LogP contribution in [-0.2, 0) is 9.59 Å². The van der Waals surface area contributed by atoms with Gasteiger partial charge in [0.15, 0.2) is 0 Å². The highest BCUT2D eigenvalue weighted by atomic mass is 16.2. The van der Waals surface area contributed by atoms with Gasteiger partial charge < -0.3 is 15.1 Å². The molecule has 2 rings (SSSR count). The zero-order valence-electron chi connectivity index (χ0n) is 12.7. The van der Waals surface area contributed by atoms with Crippen LogP contribution in [0.15, 0.2) is 0 Å². The van der Waals surface area contributed by atoms with E-state index in [1.165, 1.54) is 0 Å². The quantitative estimate of drug-likeness (QED) is 0.831. The fourth-order valence-electron chi connectivity index (χ4n) is 3.22. The lowest BCUT2D eigenvalue weighted by Gasteiger charge is -2.26. The number of carbonyl (C=O) groups is 2. The molecule has 0 aliphatic carbocycles. The Bertz CT molecular complexity index is 351. The summed E-state index contributed by atoms with van der Waals surface area (Å²) >= 11 is 0. The maximum Gasteiger partial charge on any atom is 0.228 e. The molecule has 5 nitrogen and oxygen atoms in total. The van der Waals surface area contributed by atoms with Gasteiger partial charge in [-0.2, -0.15) is 0 Å². The minimum Gasteiger partial charge on any atom is -0.341 e. The second-order valence-electron chi connectivity index (χ2n) is 6.01. The van der Waals surface area contributed by atoms with Gasteiger partial charge in [-0.25, -0.2) is 0 Å². The number of nitrogens with zero attached hydrogens (tertiary/aromatic N) is 2. The van der Waals surface area contributed by atoms with Crippen LogP contribution in [0.3, 0.4) is 0 Å². The molecule has 2 aliphatic rings. The van der Waals surface area contributed by atoms with Crippen molar-refractivity contribution in [3.8, 4) is 0 Å². The number of hydrogen-bond acceptors (Lipinski definition) is 3. The van der Waals surface area contributed by atoms with E-state index >= 15 is 0 Å². The first-order valence-corrected chi connectivity index (χ1v) is 7.92. The molecular weight excluding hydrogens is 254 g/mol. The molecule has 2 fully saturated rings. The average Bonchev–Trinajstić information content (AvgIpc) is 2.65. The van der Waals surface area contributed by atoms with Crippen molar-refractivity contribution in [2.45, 2.75) is 45.6 Å². The monoisotopic (exact) mass is 281 g/mol. The van der Waals surface area contributed by atoms with Gasteiger partial charge in [0, 0.05) is 38.6 Å². The fraction of sp³-hybridized carbons (Fsp3) is 0.867. The molecule has 0 aromatic carbocycles. The first kappa shape index (κ1) is 15.3. The lowest BCUT2D eigenvalue weighted by molar-refractivity contribution is -0.135. The molecule has 0 aromatic rings. The first-order valence-electron chi connectivity index (χ1n) is 7.92. The molecule has 2 heterocycles. The second-order valence-corrected chi connectivity index (χ2v) is 6.01. The van der Waals surface area contributed by atoms with Gasteiger partial charge in [0.05, 0.1) is 5.92 Å². The van der Waals surface area contributed by atoms with Crippen molar-refractivity contribution >= 4 is 11.8 Å². The van der Waals surface area contributed by atoms with Crippen LogP contribution >= 0.6 is 0 Å². The SMILES string of the molecule is CCCC(C)N1CC(C(=O)N2CCCNCC2)CC1=O. The van der Waals surface area contributed by atoms with E-state index in [2.05, 4.69) is 19.2 Å². The van der Waals surface area contributed by atoms with Crippen LogP contribution in [0.5, 0.6) is 0 Å². The molecule has 2 unspecified atom stereocenters. The Morgan fingerprint density at radius 1 is 1.40 bits per heavy atom. The number of rotatable bonds is 4. The maximum absolute atomic E-state index is 12.5. The Morgan fingerprint density at radius 2 is 2.20 bits per heavy atom. The van der Waals surface area contributed by atoms with Crippen LogP contribution < -0.4 is 5.32 Å². The Balaban J connectivity index is 1.93. The van der Waals surface area contributed by atoms with Gasteiger partial charge in [0.2, 0.25) is 11.8 Å². The highest BCUT2D eigenvalue weighted by molar-refractivity contribution is 5.89. The normalized spacial score (nSPS) is 25.7. The molecule has 2 saturated heterocycles. The van der Waals surface area contributed by atoms with Gasteiger partial charge >= 0.3 is 0 Å². The molecule has 20 heavy (non-hydrogen) atoms. The van der Waals surface area contributed by atoms with E-state index in [-0.39, 0.29) is 23.8 Å². The van der Waals surface area contributed by atoms with Crippen molar-refractivity contribution in [3.63, 3.8) is 0 Å². The molecule has 0 radical (unpaired) electrons. The molecule has 114 valence electrons. The van der Waals surface area contributed by atoms with Crippen LogP contribution in [0.1, 0.15) is 39.5 Å². The lowest BCUT2D eigenvalue weighted by atomic mass is 10.1. The van der Waals surface area contributed by atoms with Gasteiger partial charge in [-0.3, -0.25) is 9.59 Å². The summed E-state index contributed by atoms with van der Waals surface area (Å²) in [6.45, 7) is 8.27. The highest BCUT2D eigenvalue weighted by Gasteiger charge is 2.38. The van der Waals surface area contributed by atoms with Gasteiger partial charge in [0.1, 0.15) is 0 Å². The summed E-state index contributed by atoms with van der Waals surface area (Å²) in [5.74, 6) is 0.199. The van der Waals surface area contributed by atoms with E-state index in [4.69, 9.17) is 0 Å². The van der Waals surface area contributed by atoms with E-state index in [1.54, 1.807) is 0 Å². The molecule has 2 atom stereocenters. The first-order chi connectivity index (χ1) is 9.63. The predicted octanol–water partition coefficient (Wildman–Crippen LogP) is 0.845. The van der Waals surface area contributed by atoms with Crippen LogP contribution in [-0.4, -0.2) is 60.4 Å². The largest absolute Gasteiger partial charge is 0.341 e. The molecule has 1 N–H and O–H groups in total. The minimum absolute atomic E-state index is 0.125. The number of likely N-dealkylation sites (tertiary alicyclic amines) is 1. The highest BCUT2D eigenvalue weighted by Crippen LogP contribution is 2.24. The molecule has 2 aliphatic heterocycles. The third kappa shape index (κ3) is 3.51. The summed E-state index contributed by atoms with van der Waals surface area (Å²) in [6, 6.07) is 0.260. The summed E-state index contributed by atoms with van der Waals surface area (Å²) in [5.41, 5.74) is 0. The van der Waals surface area contributed by atoms with Crippen LogP contribution in [0, 0.1) is 5.92 Å². The van der Waals surface area contributed by atoms with Crippen LogP contribution in [0.4, 0.5) is 0 Å². The summed E-state index contributed by atoms with van der Waals surface area (Å²) < 4.78 is 0. The van der Waals surface area contributed by atoms with Crippen molar-refractivity contribution in [3.05, 3.63) is 0 Å². The number of hydrogen-bond donors (Lipinski definition) is 1. The Labute approximate surface area is 121 Å². The van der Waals surface area contributed by atoms with Gasteiger partial charge in [0.25, 0.3) is 0 Å². The molecule has 2 amide bonds. The molecule has 0 spiro atoms. The van der Waals surface area contributed by atoms with Crippen molar-refractivity contribution in [2.75, 3.05) is 32.7 Å². The molecule has 0 saturated carbocycles. The summed E-state index contributed by atoms with van der Waals surface area (Å²) in [4.78, 5) is 28.5. The molecular formula is C15H27N3O2. The van der Waals surface area contributed by atoms with Crippen LogP contribution in [0.2, 0.25) is 0 Å². The van der Waals surface area contributed by atoms with Crippen molar-refractivity contribution < 1.29 is 9.59 Å². The molecule has 5 heteroatoms. The molecule has 0 aromatic heterocycles. The van der Waals surface area contributed by atoms with Crippen molar-refractivity contribution in [2.24, 2.45) is 5.92 Å². The standard InChI is InChI=1S/C15H27N3O2/c1-3-5-12(2)18-11-13(10-14(18)19)15(20)17-8-4-6-16-7-9-17/h12-13,16H,3-11H2,1-2H3. The summed E-state index contributed by atoms with van der Waals surface area (Å²) in [6.07, 6.45) is 3.49. The third-order valence-electron chi connectivity index (χ3n) is 4.40. The lowest BCUT2D eigenvalue weighted by Crippen LogP contribution is -2.40. The van der Waals surface area contributed by atoms with E-state index in [9.17, 15) is 9.59 Å². The summed E-state index contributed by atoms with van der Waals surface area (Å²) in [5, 5.41) is 3.30. The maximum atomic E-state index is 12.5. The van der Waals surface area contributed by atoms with Crippen LogP contribution in [0.25, 0.3) is 0 Å². The Kier molecular flexibility index (Phi) is 5.40. The number of nitrogens with one attached hydrogen (secondary N) is 1. The Hall–Kier alpha value is -1.10. The molecule has 0 bridgehead atoms. The Morgan fingerprint density at radius 3 is 2.95 bits per heavy atom. The van der Waals surface area contributed by atoms with Gasteiger partial charge in [-0.1, -0.05) is 13.3 Å². The number of amides is 2. The van der Waals surface area contributed by atoms with Gasteiger partial charge in [-0.05, 0) is 26.3 Å². The smallest absolute Gasteiger partial charge is 0.228 e. The van der Waals surface area contributed by atoms with E-state index in [0.29, 0.717) is 13.0 Å². The van der Waals surface area contributed by atoms with E-state index in [0.717, 1.165) is 45.4 Å².